The molecule has 0 bridgehead atoms. The molecule has 3 amide bonds. The van der Waals surface area contributed by atoms with Crippen LogP contribution < -0.4 is 44.3 Å². The molecule has 0 aromatic heterocycles. The molecule has 2 heterocycles. The number of ether oxygens (including phenoxy) is 2. The number of hydrogen-bond acceptors (Lipinski definition) is 15. The van der Waals surface area contributed by atoms with Crippen LogP contribution in [0, 0.1) is 0 Å². The van der Waals surface area contributed by atoms with Gasteiger partial charge >= 0.3 is 13.3 Å². The van der Waals surface area contributed by atoms with E-state index in [9.17, 15) is 53.0 Å². The van der Waals surface area contributed by atoms with E-state index in [1.165, 1.54) is 18.2 Å². The van der Waals surface area contributed by atoms with Crippen molar-refractivity contribution in [3.05, 3.63) is 59.2 Å². The first-order valence-electron chi connectivity index (χ1n) is 18.7. The third-order valence-electron chi connectivity index (χ3n) is 10.6. The topological polar surface area (TPSA) is 320 Å². The summed E-state index contributed by atoms with van der Waals surface area (Å²) in [5.74, 6) is -2.25. The van der Waals surface area contributed by atoms with Crippen molar-refractivity contribution in [3.8, 4) is 0 Å². The van der Waals surface area contributed by atoms with Crippen molar-refractivity contribution >= 4 is 36.0 Å². The lowest BCUT2D eigenvalue weighted by Crippen LogP contribution is -2.67. The van der Waals surface area contributed by atoms with Gasteiger partial charge in [-0.1, -0.05) is 18.2 Å². The predicted molar refractivity (Wildman–Crippen MR) is 200 cm³/mol. The summed E-state index contributed by atoms with van der Waals surface area (Å²) in [6.45, 7) is 3.16. The van der Waals surface area contributed by atoms with Crippen LogP contribution in [0.4, 0.5) is 18.9 Å². The van der Waals surface area contributed by atoms with Gasteiger partial charge in [0.15, 0.2) is 6.29 Å². The molecule has 1 aliphatic carbocycles. The number of hydrogen-bond donors (Lipinski definition) is 12. The van der Waals surface area contributed by atoms with Gasteiger partial charge in [0.2, 0.25) is 17.7 Å². The molecule has 10 unspecified atom stereocenters. The third kappa shape index (κ3) is 10.5. The standard InChI is InChI=1S/C36H51BF3N7O11/c1-35(2)18-8-7-17(12-19(18)37(55)58-35)46-33(54)23(11-15-3-5-16(6-4-15)36(38,39)40)47-32(53)20(41)9-10-25(48)45-14-24-28(50)29(51)26(44)34(56-24)57-31-22(43)13-21(42)27(49)30(31)52/h3-8,12,20-24,26-31,34,49-52,55H,9-11,13-14,41-44H2,1-2H3,(H,45,48)(H,46,54)(H,47,53)/t20-,21?,22?,23+,24?,26?,27?,28?,29?,30?,31?,34?/m0/s1. The molecule has 2 aromatic rings. The van der Waals surface area contributed by atoms with Gasteiger partial charge in [-0.25, -0.2) is 0 Å². The molecule has 0 radical (unpaired) electrons. The minimum atomic E-state index is -4.59. The maximum Gasteiger partial charge on any atom is 0.492 e. The quantitative estimate of drug-likeness (QED) is 0.0872. The highest BCUT2D eigenvalue weighted by molar-refractivity contribution is 6.62. The molecule has 2 aromatic carbocycles. The number of aliphatic hydroxyl groups excluding tert-OH is 4. The second kappa shape index (κ2) is 18.2. The summed E-state index contributed by atoms with van der Waals surface area (Å²) < 4.78 is 56.6. The predicted octanol–water partition coefficient (Wildman–Crippen LogP) is -3.51. The minimum Gasteiger partial charge on any atom is -0.423 e. The first kappa shape index (κ1) is 45.3. The molecule has 3 aliphatic rings. The highest BCUT2D eigenvalue weighted by Crippen LogP contribution is 2.32. The summed E-state index contributed by atoms with van der Waals surface area (Å²) in [6, 6.07) is 3.14. The van der Waals surface area contributed by atoms with Crippen molar-refractivity contribution in [2.24, 2.45) is 22.9 Å². The third-order valence-corrected chi connectivity index (χ3v) is 10.6. The van der Waals surface area contributed by atoms with Gasteiger partial charge in [-0.05, 0) is 67.5 Å². The van der Waals surface area contributed by atoms with Gasteiger partial charge in [0.05, 0.1) is 29.4 Å². The Labute approximate surface area is 331 Å². The molecule has 16 N–H and O–H groups in total. The van der Waals surface area contributed by atoms with E-state index >= 15 is 0 Å². The van der Waals surface area contributed by atoms with E-state index in [2.05, 4.69) is 16.0 Å². The van der Waals surface area contributed by atoms with Gasteiger partial charge in [-0.3, -0.25) is 14.4 Å². The summed E-state index contributed by atoms with van der Waals surface area (Å²) in [7, 11) is -1.26. The van der Waals surface area contributed by atoms with Gasteiger partial charge in [0.25, 0.3) is 0 Å². The zero-order valence-corrected chi connectivity index (χ0v) is 31.7. The number of rotatable bonds is 13. The average molecular weight is 826 g/mol. The SMILES string of the molecule is CC1(C)OB(O)c2cc(NC(=O)[C@@H](Cc3ccc(C(F)(F)F)cc3)NC(=O)[C@@H](N)CCC(=O)NCC3OC(OC4C(N)CC(N)C(O)C4O)C(N)C(O)C3O)ccc21. The minimum absolute atomic E-state index is 0.0957. The van der Waals surface area contributed by atoms with Crippen molar-refractivity contribution in [1.29, 1.82) is 0 Å². The van der Waals surface area contributed by atoms with Crippen LogP contribution in [0.2, 0.25) is 0 Å². The Morgan fingerprint density at radius 1 is 0.966 bits per heavy atom. The number of fused-ring (bicyclic) bond motifs is 1. The van der Waals surface area contributed by atoms with Gasteiger partial charge in [0.1, 0.15) is 36.6 Å². The summed E-state index contributed by atoms with van der Waals surface area (Å²) in [6.07, 6.45) is -15.2. The maximum absolute atomic E-state index is 13.6. The van der Waals surface area contributed by atoms with Crippen molar-refractivity contribution in [2.45, 2.75) is 124 Å². The van der Waals surface area contributed by atoms with Crippen LogP contribution in [0.1, 0.15) is 49.8 Å². The number of aliphatic hydroxyl groups is 4. The van der Waals surface area contributed by atoms with Crippen molar-refractivity contribution in [2.75, 3.05) is 11.9 Å². The van der Waals surface area contributed by atoms with E-state index < -0.39 is 115 Å². The van der Waals surface area contributed by atoms with Crippen LogP contribution in [0.25, 0.3) is 0 Å². The monoisotopic (exact) mass is 825 g/mol. The van der Waals surface area contributed by atoms with Crippen LogP contribution in [0.15, 0.2) is 42.5 Å². The Morgan fingerprint density at radius 3 is 2.29 bits per heavy atom. The second-order valence-electron chi connectivity index (χ2n) is 15.4. The van der Waals surface area contributed by atoms with Crippen molar-refractivity contribution in [1.82, 2.24) is 10.6 Å². The molecule has 5 rings (SSSR count). The van der Waals surface area contributed by atoms with Crippen LogP contribution in [-0.2, 0) is 46.7 Å². The zero-order valence-electron chi connectivity index (χ0n) is 31.7. The normalized spacial score (nSPS) is 30.6. The molecule has 58 heavy (non-hydrogen) atoms. The number of carbonyl (C=O) groups is 3. The Balaban J connectivity index is 1.18. The smallest absolute Gasteiger partial charge is 0.423 e. The number of alkyl halides is 3. The fourth-order valence-corrected chi connectivity index (χ4v) is 7.17. The lowest BCUT2D eigenvalue weighted by Gasteiger charge is -2.45. The first-order valence-corrected chi connectivity index (χ1v) is 18.7. The second-order valence-corrected chi connectivity index (χ2v) is 15.4. The van der Waals surface area contributed by atoms with Gasteiger partial charge in [0, 0.05) is 37.2 Å². The van der Waals surface area contributed by atoms with E-state index in [0.29, 0.717) is 11.0 Å². The van der Waals surface area contributed by atoms with Crippen LogP contribution in [0.5, 0.6) is 0 Å². The molecule has 2 fully saturated rings. The fourth-order valence-electron chi connectivity index (χ4n) is 7.17. The van der Waals surface area contributed by atoms with E-state index in [1.54, 1.807) is 26.0 Å². The number of nitrogens with two attached hydrogens (primary N) is 4. The molecule has 18 nitrogen and oxygen atoms in total. The Morgan fingerprint density at radius 2 is 1.64 bits per heavy atom. The highest BCUT2D eigenvalue weighted by atomic mass is 19.4. The highest BCUT2D eigenvalue weighted by Gasteiger charge is 2.48. The fraction of sp³-hybridized carbons (Fsp3) is 0.583. The number of amides is 3. The molecule has 320 valence electrons. The van der Waals surface area contributed by atoms with E-state index in [-0.39, 0.29) is 43.5 Å². The number of nitrogens with one attached hydrogen (secondary N) is 3. The van der Waals surface area contributed by atoms with E-state index in [4.69, 9.17) is 37.1 Å². The van der Waals surface area contributed by atoms with Crippen molar-refractivity contribution < 1.29 is 67.1 Å². The summed E-state index contributed by atoms with van der Waals surface area (Å²) in [5.41, 5.74) is 23.9. The molecule has 22 heteroatoms. The lowest BCUT2D eigenvalue weighted by molar-refractivity contribution is -0.288. The summed E-state index contributed by atoms with van der Waals surface area (Å²) >= 11 is 0. The van der Waals surface area contributed by atoms with Gasteiger partial charge < -0.3 is 78.5 Å². The lowest BCUT2D eigenvalue weighted by atomic mass is 9.78. The van der Waals surface area contributed by atoms with E-state index in [1.807, 2.05) is 0 Å². The maximum atomic E-state index is 13.6. The van der Waals surface area contributed by atoms with Crippen LogP contribution >= 0.6 is 0 Å². The zero-order chi connectivity index (χ0) is 42.9. The number of carbonyl (C=O) groups excluding carboxylic acids is 3. The van der Waals surface area contributed by atoms with Crippen molar-refractivity contribution in [3.63, 3.8) is 0 Å². The van der Waals surface area contributed by atoms with Crippen LogP contribution in [0.3, 0.4) is 0 Å². The Kier molecular flexibility index (Phi) is 14.2. The molecular formula is C36H51BF3N7O11. The first-order chi connectivity index (χ1) is 27.1. The average Bonchev–Trinajstić information content (AvgIpc) is 3.39. The number of halogens is 3. The number of anilines is 1. The molecule has 1 saturated carbocycles. The Bertz CT molecular complexity index is 1780. The van der Waals surface area contributed by atoms with E-state index in [0.717, 1.165) is 12.1 Å². The molecule has 1 saturated heterocycles. The Hall–Kier alpha value is -3.78. The molecule has 0 spiro atoms. The molecule has 12 atom stereocenters. The summed E-state index contributed by atoms with van der Waals surface area (Å²) in [5, 5.41) is 59.9. The van der Waals surface area contributed by atoms with Gasteiger partial charge in [-0.15, -0.1) is 0 Å². The van der Waals surface area contributed by atoms with Crippen LogP contribution in [-0.4, -0.2) is 130 Å². The summed E-state index contributed by atoms with van der Waals surface area (Å²) in [4.78, 5) is 39.7. The molecular weight excluding hydrogens is 774 g/mol. The molecule has 2 aliphatic heterocycles. The van der Waals surface area contributed by atoms with Gasteiger partial charge in [-0.2, -0.15) is 13.2 Å². The number of benzene rings is 2. The largest absolute Gasteiger partial charge is 0.492 e.